The molecule has 0 spiro atoms. The Labute approximate surface area is 181 Å². The zero-order chi connectivity index (χ0) is 20.7. The van der Waals surface area contributed by atoms with Gasteiger partial charge in [0.15, 0.2) is 0 Å². The second-order valence-corrected chi connectivity index (χ2v) is 10.1. The molecule has 2 atom stereocenters. The summed E-state index contributed by atoms with van der Waals surface area (Å²) in [6.07, 6.45) is 6.53. The minimum absolute atomic E-state index is 0.0470. The van der Waals surface area contributed by atoms with Crippen molar-refractivity contribution in [2.75, 3.05) is 0 Å². The standard InChI is InChI=1S/C26H28O3S/c1-16-4-6-17(7-5-16)13-20(14-18-8-9-18)22-15-21(27)25(26(28)29-22)24(19-10-11-19)23-3-2-12-30-23/h2-7,12,15,18-20,24,27H,8-11,13-14H2,1H3. The summed E-state index contributed by atoms with van der Waals surface area (Å²) < 4.78 is 5.92. The average molecular weight is 421 g/mol. The maximum atomic E-state index is 13.1. The summed E-state index contributed by atoms with van der Waals surface area (Å²) in [6.45, 7) is 2.09. The summed E-state index contributed by atoms with van der Waals surface area (Å²) in [6, 6.07) is 14.4. The van der Waals surface area contributed by atoms with Gasteiger partial charge in [-0.1, -0.05) is 48.7 Å². The maximum Gasteiger partial charge on any atom is 0.343 e. The van der Waals surface area contributed by atoms with Crippen molar-refractivity contribution in [1.29, 1.82) is 0 Å². The lowest BCUT2D eigenvalue weighted by Crippen LogP contribution is -2.17. The Hall–Kier alpha value is -2.33. The average Bonchev–Trinajstić information content (AvgIpc) is 3.65. The molecule has 1 N–H and O–H groups in total. The van der Waals surface area contributed by atoms with Crippen LogP contribution in [0.3, 0.4) is 0 Å². The van der Waals surface area contributed by atoms with Gasteiger partial charge in [-0.2, -0.15) is 0 Å². The van der Waals surface area contributed by atoms with Crippen LogP contribution >= 0.6 is 11.3 Å². The topological polar surface area (TPSA) is 50.4 Å². The van der Waals surface area contributed by atoms with Gasteiger partial charge in [0.1, 0.15) is 11.5 Å². The number of thiophene rings is 1. The van der Waals surface area contributed by atoms with Gasteiger partial charge in [0.25, 0.3) is 0 Å². The molecule has 2 aliphatic rings. The minimum Gasteiger partial charge on any atom is -0.507 e. The molecule has 0 saturated heterocycles. The van der Waals surface area contributed by atoms with Crippen molar-refractivity contribution >= 4 is 11.3 Å². The van der Waals surface area contributed by atoms with Gasteiger partial charge < -0.3 is 9.52 Å². The van der Waals surface area contributed by atoms with E-state index in [-0.39, 0.29) is 23.2 Å². The van der Waals surface area contributed by atoms with Crippen LogP contribution in [0.5, 0.6) is 5.75 Å². The lowest BCUT2D eigenvalue weighted by molar-refractivity contribution is 0.371. The third-order valence-electron chi connectivity index (χ3n) is 6.56. The fourth-order valence-corrected chi connectivity index (χ4v) is 5.50. The quantitative estimate of drug-likeness (QED) is 0.460. The molecule has 2 unspecified atom stereocenters. The van der Waals surface area contributed by atoms with Crippen LogP contribution in [0.4, 0.5) is 0 Å². The van der Waals surface area contributed by atoms with Crippen molar-refractivity contribution < 1.29 is 9.52 Å². The fourth-order valence-electron chi connectivity index (χ4n) is 4.57. The molecule has 2 fully saturated rings. The molecular formula is C26H28O3S. The molecular weight excluding hydrogens is 392 g/mol. The predicted molar refractivity (Wildman–Crippen MR) is 120 cm³/mol. The second-order valence-electron chi connectivity index (χ2n) is 9.13. The van der Waals surface area contributed by atoms with Gasteiger partial charge in [0.2, 0.25) is 0 Å². The van der Waals surface area contributed by atoms with Crippen LogP contribution in [0.25, 0.3) is 0 Å². The first-order valence-corrected chi connectivity index (χ1v) is 11.9. The number of hydrogen-bond donors (Lipinski definition) is 1. The Balaban J connectivity index is 1.48. The number of hydrogen-bond acceptors (Lipinski definition) is 4. The van der Waals surface area contributed by atoms with Gasteiger partial charge in [-0.15, -0.1) is 11.3 Å². The van der Waals surface area contributed by atoms with E-state index in [0.29, 0.717) is 23.2 Å². The zero-order valence-corrected chi connectivity index (χ0v) is 18.2. The normalized spacial score (nSPS) is 18.3. The summed E-state index contributed by atoms with van der Waals surface area (Å²) >= 11 is 1.65. The van der Waals surface area contributed by atoms with E-state index >= 15 is 0 Å². The second kappa shape index (κ2) is 8.07. The molecule has 0 amide bonds. The van der Waals surface area contributed by atoms with E-state index in [0.717, 1.165) is 30.6 Å². The third-order valence-corrected chi connectivity index (χ3v) is 7.51. The number of benzene rings is 1. The molecule has 5 rings (SSSR count). The molecule has 2 aliphatic carbocycles. The van der Waals surface area contributed by atoms with Gasteiger partial charge in [0.05, 0.1) is 5.56 Å². The molecule has 156 valence electrons. The van der Waals surface area contributed by atoms with E-state index in [2.05, 4.69) is 37.3 Å². The Kier molecular flexibility index (Phi) is 5.28. The molecule has 2 saturated carbocycles. The molecule has 3 nitrogen and oxygen atoms in total. The molecule has 3 aromatic rings. The van der Waals surface area contributed by atoms with Crippen LogP contribution in [-0.2, 0) is 6.42 Å². The molecule has 0 radical (unpaired) electrons. The summed E-state index contributed by atoms with van der Waals surface area (Å²) in [4.78, 5) is 14.3. The summed E-state index contributed by atoms with van der Waals surface area (Å²) in [5, 5.41) is 13.0. The van der Waals surface area contributed by atoms with E-state index in [1.165, 1.54) is 24.0 Å². The van der Waals surface area contributed by atoms with E-state index in [4.69, 9.17) is 4.42 Å². The zero-order valence-electron chi connectivity index (χ0n) is 17.3. The highest BCUT2D eigenvalue weighted by molar-refractivity contribution is 7.10. The minimum atomic E-state index is -0.361. The van der Waals surface area contributed by atoms with Crippen LogP contribution in [0.1, 0.15) is 71.3 Å². The fraction of sp³-hybridized carbons (Fsp3) is 0.423. The molecule has 0 aliphatic heterocycles. The van der Waals surface area contributed by atoms with E-state index in [1.807, 2.05) is 11.4 Å². The molecule has 1 aromatic carbocycles. The summed E-state index contributed by atoms with van der Waals surface area (Å²) in [7, 11) is 0. The van der Waals surface area contributed by atoms with Gasteiger partial charge >= 0.3 is 5.63 Å². The molecule has 0 bridgehead atoms. The SMILES string of the molecule is Cc1ccc(CC(CC2CC2)c2cc(O)c(C(c3cccs3)C3CC3)c(=O)o2)cc1. The van der Waals surface area contributed by atoms with Gasteiger partial charge in [0, 0.05) is 22.8 Å². The van der Waals surface area contributed by atoms with Crippen molar-refractivity contribution in [3.05, 3.63) is 85.6 Å². The largest absolute Gasteiger partial charge is 0.507 e. The number of aryl methyl sites for hydroxylation is 1. The van der Waals surface area contributed by atoms with Gasteiger partial charge in [-0.25, -0.2) is 4.79 Å². The number of aromatic hydroxyl groups is 1. The van der Waals surface area contributed by atoms with Crippen molar-refractivity contribution in [2.45, 2.75) is 57.3 Å². The first-order chi connectivity index (χ1) is 14.6. The first kappa shape index (κ1) is 19.6. The van der Waals surface area contributed by atoms with Crippen LogP contribution in [0, 0.1) is 18.8 Å². The first-order valence-electron chi connectivity index (χ1n) is 11.0. The third kappa shape index (κ3) is 4.24. The van der Waals surface area contributed by atoms with Crippen LogP contribution in [0.2, 0.25) is 0 Å². The van der Waals surface area contributed by atoms with E-state index in [9.17, 15) is 9.90 Å². The van der Waals surface area contributed by atoms with Crippen LogP contribution < -0.4 is 5.63 Å². The summed E-state index contributed by atoms with van der Waals surface area (Å²) in [5.74, 6) is 1.95. The summed E-state index contributed by atoms with van der Waals surface area (Å²) in [5.41, 5.74) is 2.57. The van der Waals surface area contributed by atoms with Gasteiger partial charge in [-0.05, 0) is 61.5 Å². The van der Waals surface area contributed by atoms with E-state index in [1.54, 1.807) is 17.4 Å². The number of rotatable bonds is 8. The molecule has 2 heterocycles. The monoisotopic (exact) mass is 420 g/mol. The smallest absolute Gasteiger partial charge is 0.343 e. The highest BCUT2D eigenvalue weighted by Gasteiger charge is 2.38. The molecule has 4 heteroatoms. The highest BCUT2D eigenvalue weighted by atomic mass is 32.1. The Morgan fingerprint density at radius 1 is 1.13 bits per heavy atom. The maximum absolute atomic E-state index is 13.1. The Morgan fingerprint density at radius 3 is 2.50 bits per heavy atom. The van der Waals surface area contributed by atoms with Crippen molar-refractivity contribution in [2.24, 2.45) is 11.8 Å². The lowest BCUT2D eigenvalue weighted by atomic mass is 9.89. The van der Waals surface area contributed by atoms with Crippen molar-refractivity contribution in [3.8, 4) is 5.75 Å². The highest BCUT2D eigenvalue weighted by Crippen LogP contribution is 2.49. The van der Waals surface area contributed by atoms with Crippen molar-refractivity contribution in [1.82, 2.24) is 0 Å². The Morgan fingerprint density at radius 2 is 1.90 bits per heavy atom. The van der Waals surface area contributed by atoms with Crippen LogP contribution in [0.15, 0.2) is 57.1 Å². The predicted octanol–water partition coefficient (Wildman–Crippen LogP) is 6.38. The molecule has 2 aromatic heterocycles. The molecule has 30 heavy (non-hydrogen) atoms. The Bertz CT molecular complexity index is 1060. The van der Waals surface area contributed by atoms with Crippen molar-refractivity contribution in [3.63, 3.8) is 0 Å². The lowest BCUT2D eigenvalue weighted by Gasteiger charge is -2.19. The van der Waals surface area contributed by atoms with Gasteiger partial charge in [-0.3, -0.25) is 0 Å². The van der Waals surface area contributed by atoms with E-state index < -0.39 is 0 Å². The van der Waals surface area contributed by atoms with Crippen LogP contribution in [-0.4, -0.2) is 5.11 Å².